The molecule has 0 unspecified atom stereocenters. The lowest BCUT2D eigenvalue weighted by atomic mass is 10.2. The number of methoxy groups -OCH3 is 1. The van der Waals surface area contributed by atoms with E-state index in [2.05, 4.69) is 17.1 Å². The van der Waals surface area contributed by atoms with E-state index in [0.29, 0.717) is 37.1 Å². The van der Waals surface area contributed by atoms with E-state index in [1.807, 2.05) is 18.2 Å². The first kappa shape index (κ1) is 19.8. The van der Waals surface area contributed by atoms with Crippen LogP contribution in [0.5, 0.6) is 0 Å². The molecular weight excluding hydrogens is 364 g/mol. The normalized spacial score (nSPS) is 13.7. The van der Waals surface area contributed by atoms with Crippen LogP contribution in [0.4, 0.5) is 5.82 Å². The second kappa shape index (κ2) is 9.33. The maximum atomic E-state index is 12.1. The Bertz CT molecular complexity index is 795. The van der Waals surface area contributed by atoms with Crippen molar-refractivity contribution in [3.63, 3.8) is 0 Å². The van der Waals surface area contributed by atoms with Crippen molar-refractivity contribution < 1.29 is 9.53 Å². The van der Waals surface area contributed by atoms with Gasteiger partial charge in [0.05, 0.1) is 12.1 Å². The highest BCUT2D eigenvalue weighted by molar-refractivity contribution is 6.31. The molecule has 27 heavy (non-hydrogen) atoms. The van der Waals surface area contributed by atoms with Gasteiger partial charge in [-0.25, -0.2) is 9.97 Å². The summed E-state index contributed by atoms with van der Waals surface area (Å²) in [6, 6.07) is 5.75. The number of rotatable bonds is 10. The van der Waals surface area contributed by atoms with E-state index in [9.17, 15) is 4.79 Å². The van der Waals surface area contributed by atoms with Crippen molar-refractivity contribution in [3.8, 4) is 0 Å². The predicted octanol–water partition coefficient (Wildman–Crippen LogP) is 3.53. The molecule has 1 aliphatic carbocycles. The van der Waals surface area contributed by atoms with Gasteiger partial charge in [0, 0.05) is 49.5 Å². The molecule has 2 aromatic rings. The first-order chi connectivity index (χ1) is 13.1. The van der Waals surface area contributed by atoms with Crippen molar-refractivity contribution in [2.24, 2.45) is 0 Å². The van der Waals surface area contributed by atoms with Crippen molar-refractivity contribution >= 4 is 34.2 Å². The second-order valence-electron chi connectivity index (χ2n) is 6.92. The lowest BCUT2D eigenvalue weighted by molar-refractivity contribution is -0.121. The minimum absolute atomic E-state index is 0.0250. The molecule has 3 rings (SSSR count). The Kier molecular flexibility index (Phi) is 6.85. The maximum Gasteiger partial charge on any atom is 0.221 e. The Balaban J connectivity index is 1.83. The van der Waals surface area contributed by atoms with Gasteiger partial charge in [-0.15, -0.1) is 0 Å². The Morgan fingerprint density at radius 2 is 2.15 bits per heavy atom. The number of hydrogen-bond acceptors (Lipinski definition) is 5. The van der Waals surface area contributed by atoms with Crippen LogP contribution < -0.4 is 10.2 Å². The lowest BCUT2D eigenvalue weighted by Crippen LogP contribution is -2.33. The molecule has 0 aliphatic heterocycles. The summed E-state index contributed by atoms with van der Waals surface area (Å²) in [5.74, 6) is 2.28. The average Bonchev–Trinajstić information content (AvgIpc) is 3.49. The molecule has 0 spiro atoms. The first-order valence-electron chi connectivity index (χ1n) is 9.60. The number of carbonyl (C=O) groups excluding carboxylic acids is 1. The monoisotopic (exact) mass is 390 g/mol. The molecule has 1 heterocycles. The molecule has 146 valence electrons. The third kappa shape index (κ3) is 5.30. The number of fused-ring (bicyclic) bond motifs is 1. The summed E-state index contributed by atoms with van der Waals surface area (Å²) in [4.78, 5) is 23.9. The van der Waals surface area contributed by atoms with Gasteiger partial charge in [0.1, 0.15) is 11.6 Å². The molecule has 0 radical (unpaired) electrons. The summed E-state index contributed by atoms with van der Waals surface area (Å²) in [6.07, 6.45) is 3.67. The molecule has 0 atom stereocenters. The minimum Gasteiger partial charge on any atom is -0.383 e. The number of anilines is 1. The van der Waals surface area contributed by atoms with E-state index in [0.717, 1.165) is 48.4 Å². The van der Waals surface area contributed by atoms with Gasteiger partial charge in [0.2, 0.25) is 5.91 Å². The number of hydrogen-bond donors (Lipinski definition) is 1. The highest BCUT2D eigenvalue weighted by atomic mass is 35.5. The summed E-state index contributed by atoms with van der Waals surface area (Å²) < 4.78 is 4.97. The van der Waals surface area contributed by atoms with Crippen LogP contribution in [0.1, 0.15) is 44.3 Å². The van der Waals surface area contributed by atoms with Crippen LogP contribution in [0.25, 0.3) is 10.9 Å². The smallest absolute Gasteiger partial charge is 0.221 e. The molecule has 7 heteroatoms. The third-order valence-electron chi connectivity index (χ3n) is 4.63. The Hall–Kier alpha value is -1.92. The number of nitrogens with one attached hydrogen (secondary N) is 1. The highest BCUT2D eigenvalue weighted by Crippen LogP contribution is 2.40. The zero-order valence-corrected chi connectivity index (χ0v) is 16.8. The van der Waals surface area contributed by atoms with Gasteiger partial charge in [-0.05, 0) is 37.5 Å². The van der Waals surface area contributed by atoms with Gasteiger partial charge >= 0.3 is 0 Å². The predicted molar refractivity (Wildman–Crippen MR) is 109 cm³/mol. The first-order valence-corrected chi connectivity index (χ1v) is 9.98. The van der Waals surface area contributed by atoms with Gasteiger partial charge < -0.3 is 15.0 Å². The highest BCUT2D eigenvalue weighted by Gasteiger charge is 2.28. The van der Waals surface area contributed by atoms with E-state index in [1.54, 1.807) is 7.11 Å². The van der Waals surface area contributed by atoms with Crippen molar-refractivity contribution in [2.75, 3.05) is 38.3 Å². The number of carbonyl (C=O) groups is 1. The van der Waals surface area contributed by atoms with Crippen molar-refractivity contribution in [3.05, 3.63) is 29.0 Å². The van der Waals surface area contributed by atoms with Crippen LogP contribution >= 0.6 is 11.6 Å². The summed E-state index contributed by atoms with van der Waals surface area (Å²) in [5, 5.41) is 4.53. The van der Waals surface area contributed by atoms with Crippen LogP contribution in [0, 0.1) is 0 Å². The van der Waals surface area contributed by atoms with E-state index >= 15 is 0 Å². The SMILES string of the molecule is CCCN(CCC(=O)NCCOC)c1nc(C2CC2)nc2cc(Cl)ccc12. The molecule has 1 aromatic carbocycles. The van der Waals surface area contributed by atoms with Crippen LogP contribution in [-0.4, -0.2) is 49.2 Å². The minimum atomic E-state index is 0.0250. The molecule has 1 N–H and O–H groups in total. The quantitative estimate of drug-likeness (QED) is 0.628. The average molecular weight is 391 g/mol. The molecule has 1 fully saturated rings. The van der Waals surface area contributed by atoms with Gasteiger partial charge in [-0.3, -0.25) is 4.79 Å². The maximum absolute atomic E-state index is 12.1. The molecule has 1 aliphatic rings. The molecule has 0 bridgehead atoms. The van der Waals surface area contributed by atoms with Crippen LogP contribution in [0.3, 0.4) is 0 Å². The fourth-order valence-corrected chi connectivity index (χ4v) is 3.25. The number of halogens is 1. The van der Waals surface area contributed by atoms with Crippen LogP contribution in [0.2, 0.25) is 5.02 Å². The van der Waals surface area contributed by atoms with Gasteiger partial charge in [-0.2, -0.15) is 0 Å². The molecular formula is C20H27ClN4O2. The fraction of sp³-hybridized carbons (Fsp3) is 0.550. The molecule has 1 saturated carbocycles. The van der Waals surface area contributed by atoms with E-state index in [4.69, 9.17) is 26.3 Å². The largest absolute Gasteiger partial charge is 0.383 e. The topological polar surface area (TPSA) is 67.4 Å². The fourth-order valence-electron chi connectivity index (χ4n) is 3.08. The third-order valence-corrected chi connectivity index (χ3v) is 4.86. The van der Waals surface area contributed by atoms with Crippen molar-refractivity contribution in [1.29, 1.82) is 0 Å². The van der Waals surface area contributed by atoms with Gasteiger partial charge in [0.15, 0.2) is 0 Å². The summed E-state index contributed by atoms with van der Waals surface area (Å²) in [7, 11) is 1.62. The zero-order chi connectivity index (χ0) is 19.2. The van der Waals surface area contributed by atoms with Crippen molar-refractivity contribution in [2.45, 2.75) is 38.5 Å². The van der Waals surface area contributed by atoms with Gasteiger partial charge in [-0.1, -0.05) is 18.5 Å². The molecule has 0 saturated heterocycles. The number of nitrogens with zero attached hydrogens (tertiary/aromatic N) is 3. The standard InChI is InChI=1S/C20H27ClN4O2/c1-3-10-25(11-8-18(26)22-9-12-27-2)20-16-7-6-15(21)13-17(16)23-19(24-20)14-4-5-14/h6-7,13-14H,3-5,8-12H2,1-2H3,(H,22,26). The van der Waals surface area contributed by atoms with Crippen LogP contribution in [0.15, 0.2) is 18.2 Å². The van der Waals surface area contributed by atoms with E-state index in [1.165, 1.54) is 0 Å². The van der Waals surface area contributed by atoms with Crippen molar-refractivity contribution in [1.82, 2.24) is 15.3 Å². The Morgan fingerprint density at radius 3 is 2.85 bits per heavy atom. The Labute approximate surface area is 165 Å². The van der Waals surface area contributed by atoms with Crippen LogP contribution in [-0.2, 0) is 9.53 Å². The summed E-state index contributed by atoms with van der Waals surface area (Å²) in [5.41, 5.74) is 0.875. The lowest BCUT2D eigenvalue weighted by Gasteiger charge is -2.25. The van der Waals surface area contributed by atoms with E-state index in [-0.39, 0.29) is 5.91 Å². The number of ether oxygens (including phenoxy) is 1. The Morgan fingerprint density at radius 1 is 1.33 bits per heavy atom. The number of aromatic nitrogens is 2. The number of amides is 1. The summed E-state index contributed by atoms with van der Waals surface area (Å²) >= 11 is 6.19. The van der Waals surface area contributed by atoms with E-state index < -0.39 is 0 Å². The molecule has 1 aromatic heterocycles. The second-order valence-corrected chi connectivity index (χ2v) is 7.36. The number of benzene rings is 1. The molecule has 1 amide bonds. The zero-order valence-electron chi connectivity index (χ0n) is 16.0. The van der Waals surface area contributed by atoms with Gasteiger partial charge in [0.25, 0.3) is 0 Å². The summed E-state index contributed by atoms with van der Waals surface area (Å²) in [6.45, 7) is 4.64. The molecule has 6 nitrogen and oxygen atoms in total.